The van der Waals surface area contributed by atoms with Crippen molar-refractivity contribution >= 4 is 11.0 Å². The number of phenols is 1. The molecule has 0 spiro atoms. The van der Waals surface area contributed by atoms with Crippen molar-refractivity contribution in [3.63, 3.8) is 0 Å². The quantitative estimate of drug-likeness (QED) is 0.169. The van der Waals surface area contributed by atoms with Crippen LogP contribution in [0.15, 0.2) is 128 Å². The Morgan fingerprint density at radius 3 is 2.18 bits per heavy atom. The zero-order valence-electron chi connectivity index (χ0n) is 40.7. The minimum absolute atomic E-state index is 0. The van der Waals surface area contributed by atoms with Crippen molar-refractivity contribution in [2.75, 3.05) is 0 Å². The molecule has 0 amide bonds. The number of hydrogen-bond acceptors (Lipinski definition) is 3. The molecule has 5 heteroatoms. The number of aromatic hydroxyl groups is 1. The Balaban J connectivity index is 0.00000630. The number of aromatic nitrogens is 3. The molecule has 0 unspecified atom stereocenters. The maximum absolute atomic E-state index is 11.7. The van der Waals surface area contributed by atoms with Crippen LogP contribution in [0.5, 0.6) is 5.75 Å². The number of hydrogen-bond donors (Lipinski definition) is 1. The van der Waals surface area contributed by atoms with Gasteiger partial charge < -0.3 is 5.11 Å². The molecule has 0 saturated heterocycles. The van der Waals surface area contributed by atoms with Crippen LogP contribution in [0.3, 0.4) is 0 Å². The monoisotopic (exact) mass is 920 g/mol. The number of rotatable bonds is 6. The Morgan fingerprint density at radius 1 is 0.661 bits per heavy atom. The molecular weight excluding hydrogens is 866 g/mol. The van der Waals surface area contributed by atoms with Crippen LogP contribution in [-0.4, -0.2) is 19.6 Å². The van der Waals surface area contributed by atoms with Gasteiger partial charge in [-0.1, -0.05) is 116 Å². The van der Waals surface area contributed by atoms with Gasteiger partial charge in [0, 0.05) is 51.0 Å². The molecule has 1 N–H and O–H groups in total. The maximum atomic E-state index is 11.7. The number of fused-ring (bicyclic) bond motifs is 1. The molecule has 0 saturated carbocycles. The van der Waals surface area contributed by atoms with Gasteiger partial charge in [0.2, 0.25) is 0 Å². The summed E-state index contributed by atoms with van der Waals surface area (Å²) in [6, 6.07) is 39.9. The predicted molar refractivity (Wildman–Crippen MR) is 229 cm³/mol. The van der Waals surface area contributed by atoms with Gasteiger partial charge in [0.25, 0.3) is 0 Å². The van der Waals surface area contributed by atoms with E-state index in [1.54, 1.807) is 72.3 Å². The van der Waals surface area contributed by atoms with Crippen molar-refractivity contribution in [3.8, 4) is 67.5 Å². The average Bonchev–Trinajstić information content (AvgIpc) is 3.63. The van der Waals surface area contributed by atoms with Crippen molar-refractivity contribution in [2.45, 2.75) is 60.6 Å². The number of imidazole rings is 1. The van der Waals surface area contributed by atoms with Gasteiger partial charge in [0.15, 0.2) is 0 Å². The summed E-state index contributed by atoms with van der Waals surface area (Å²) in [6.45, 7) is 2.31. The molecule has 0 aliphatic heterocycles. The first-order valence-electron chi connectivity index (χ1n) is 22.7. The molecule has 2 aromatic heterocycles. The number of nitrogens with zero attached hydrogens (tertiary/aromatic N) is 3. The van der Waals surface area contributed by atoms with E-state index in [4.69, 9.17) is 22.3 Å². The summed E-state index contributed by atoms with van der Waals surface area (Å²) in [7, 11) is 0. The number of pyridine rings is 1. The minimum atomic E-state index is -2.81. The first kappa shape index (κ1) is 28.8. The molecule has 0 aliphatic carbocycles. The largest absolute Gasteiger partial charge is 0.507 e. The van der Waals surface area contributed by atoms with Crippen molar-refractivity contribution in [3.05, 3.63) is 167 Å². The third-order valence-electron chi connectivity index (χ3n) is 10.1. The Labute approximate surface area is 357 Å². The fraction of sp³-hybridized carbons (Fsp3) is 0.176. The van der Waals surface area contributed by atoms with Gasteiger partial charge in [-0.15, -0.1) is 29.3 Å². The molecular formula is C51H46N3OPt-. The molecule has 0 radical (unpaired) electrons. The topological polar surface area (TPSA) is 50.9 Å². The summed E-state index contributed by atoms with van der Waals surface area (Å²) in [4.78, 5) is 10.1. The molecule has 56 heavy (non-hydrogen) atoms. The van der Waals surface area contributed by atoms with Crippen LogP contribution in [0.4, 0.5) is 0 Å². The second-order valence-electron chi connectivity index (χ2n) is 15.2. The van der Waals surface area contributed by atoms with E-state index >= 15 is 0 Å². The average molecular weight is 921 g/mol. The fourth-order valence-corrected chi connectivity index (χ4v) is 7.20. The molecule has 4 nitrogen and oxygen atoms in total. The smallest absolute Gasteiger partial charge is 0.148 e. The van der Waals surface area contributed by atoms with E-state index in [-0.39, 0.29) is 54.5 Å². The molecule has 2 heterocycles. The van der Waals surface area contributed by atoms with Crippen LogP contribution >= 0.6 is 0 Å². The molecule has 8 aromatic rings. The molecule has 0 atom stereocenters. The van der Waals surface area contributed by atoms with Crippen LogP contribution in [0.2, 0.25) is 0 Å². The van der Waals surface area contributed by atoms with Crippen LogP contribution in [0.1, 0.15) is 66.5 Å². The van der Waals surface area contributed by atoms with Gasteiger partial charge in [-0.25, -0.2) is 4.98 Å². The van der Waals surface area contributed by atoms with Gasteiger partial charge in [-0.05, 0) is 115 Å². The van der Waals surface area contributed by atoms with E-state index in [0.29, 0.717) is 56.1 Å². The Morgan fingerprint density at radius 2 is 1.45 bits per heavy atom. The van der Waals surface area contributed by atoms with E-state index in [1.165, 1.54) is 6.07 Å². The minimum Gasteiger partial charge on any atom is -0.507 e. The first-order valence-corrected chi connectivity index (χ1v) is 18.2. The SMILES string of the molecule is [2H]C([2H])([2H])c1ccc(-c2ccnc(-c3[c-]c(-c4cccc5c4nc(-c4cc(C)cc(C)c4O)n5-c4cc(-c5ccccc5)c(C([2H])([2H])[2H])c(C([2H])([2H])[2H])c4)cc(C(C)(C)C)c3)c2)cc1.[Pt]. The van der Waals surface area contributed by atoms with Crippen molar-refractivity contribution in [1.82, 2.24) is 14.5 Å². The Kier molecular flexibility index (Phi) is 7.79. The van der Waals surface area contributed by atoms with Gasteiger partial charge >= 0.3 is 0 Å². The second-order valence-corrected chi connectivity index (χ2v) is 15.2. The number of aryl methyl sites for hydroxylation is 4. The van der Waals surface area contributed by atoms with Gasteiger partial charge in [0.05, 0.1) is 16.6 Å². The zero-order valence-corrected chi connectivity index (χ0v) is 34.0. The third-order valence-corrected chi connectivity index (χ3v) is 10.1. The summed E-state index contributed by atoms with van der Waals surface area (Å²) in [6.07, 6.45) is 1.72. The maximum Gasteiger partial charge on any atom is 0.148 e. The van der Waals surface area contributed by atoms with Gasteiger partial charge in [0.1, 0.15) is 11.6 Å². The normalized spacial score (nSPS) is 14.6. The standard InChI is InChI=1S/C51H46N3O.Pt/c1-31-17-19-36(20-18-31)38-21-22-52-46(29-38)40-26-39(27-41(28-40)51(6,7)8)43-15-12-16-47-48(43)53-50(45-24-32(2)23-34(4)49(45)55)54(47)42-25-33(3)35(5)44(30-42)37-13-10-9-11-14-37;/h9-25,27-30,55H,1-8H3;/q-1;/i1D3,3D3,5D3;. The summed E-state index contributed by atoms with van der Waals surface area (Å²) in [5, 5.41) is 11.7. The van der Waals surface area contributed by atoms with Gasteiger partial charge in [-0.3, -0.25) is 9.55 Å². The molecule has 0 aliphatic rings. The molecule has 8 rings (SSSR count). The van der Waals surface area contributed by atoms with E-state index in [0.717, 1.165) is 27.8 Å². The summed E-state index contributed by atoms with van der Waals surface area (Å²) < 4.78 is 76.8. The Hall–Kier alpha value is -5.57. The summed E-state index contributed by atoms with van der Waals surface area (Å²) in [5.41, 5.74) is 9.06. The summed E-state index contributed by atoms with van der Waals surface area (Å²) >= 11 is 0. The number of para-hydroxylation sites is 1. The van der Waals surface area contributed by atoms with Crippen molar-refractivity contribution < 1.29 is 38.5 Å². The van der Waals surface area contributed by atoms with Crippen molar-refractivity contribution in [2.24, 2.45) is 0 Å². The van der Waals surface area contributed by atoms with E-state index in [1.807, 2.05) is 55.5 Å². The Bertz CT molecular complexity index is 3070. The third kappa shape index (κ3) is 7.27. The van der Waals surface area contributed by atoms with E-state index < -0.39 is 20.6 Å². The number of benzene rings is 6. The van der Waals surface area contributed by atoms with Crippen molar-refractivity contribution in [1.29, 1.82) is 0 Å². The van der Waals surface area contributed by atoms with Crippen LogP contribution in [-0.2, 0) is 26.5 Å². The second kappa shape index (κ2) is 15.2. The molecule has 0 fully saturated rings. The molecule has 6 aromatic carbocycles. The van der Waals surface area contributed by atoms with Crippen LogP contribution in [0.25, 0.3) is 72.7 Å². The van der Waals surface area contributed by atoms with Crippen LogP contribution < -0.4 is 0 Å². The van der Waals surface area contributed by atoms with Gasteiger partial charge in [-0.2, -0.15) is 0 Å². The van der Waals surface area contributed by atoms with Crippen LogP contribution in [0, 0.1) is 40.5 Å². The van der Waals surface area contributed by atoms with E-state index in [2.05, 4.69) is 39.0 Å². The van der Waals surface area contributed by atoms with E-state index in [9.17, 15) is 5.11 Å². The molecule has 0 bridgehead atoms. The fourth-order valence-electron chi connectivity index (χ4n) is 7.20. The predicted octanol–water partition coefficient (Wildman–Crippen LogP) is 13.1. The first-order chi connectivity index (χ1) is 30.0. The summed E-state index contributed by atoms with van der Waals surface area (Å²) in [5.74, 6) is 0.333. The molecule has 282 valence electrons. The number of phenolic OH excluding ortho intramolecular Hbond substituents is 1. The zero-order chi connectivity index (χ0) is 46.1.